The van der Waals surface area contributed by atoms with Gasteiger partial charge in [-0.05, 0) is 11.6 Å². The lowest BCUT2D eigenvalue weighted by Gasteiger charge is -2.16. The predicted molar refractivity (Wildman–Crippen MR) is 76.7 cm³/mol. The Kier molecular flexibility index (Phi) is 3.13. The number of nitrogens with two attached hydrogens (primary N) is 1. The number of hydrogen-bond acceptors (Lipinski definition) is 2. The van der Waals surface area contributed by atoms with E-state index in [9.17, 15) is 0 Å². The van der Waals surface area contributed by atoms with Gasteiger partial charge < -0.3 is 10.6 Å². The van der Waals surface area contributed by atoms with Crippen molar-refractivity contribution in [3.63, 3.8) is 0 Å². The molecule has 0 saturated heterocycles. The number of para-hydroxylation sites is 1. The maximum atomic E-state index is 7.60. The second-order valence-corrected chi connectivity index (χ2v) is 4.47. The van der Waals surface area contributed by atoms with Crippen molar-refractivity contribution in [3.05, 3.63) is 36.0 Å². The maximum absolute atomic E-state index is 7.60. The molecule has 0 spiro atoms. The summed E-state index contributed by atoms with van der Waals surface area (Å²) < 4.78 is 0. The zero-order valence-electron chi connectivity index (χ0n) is 10.1. The zero-order valence-corrected chi connectivity index (χ0v) is 10.9. The molecule has 0 radical (unpaired) electrons. The lowest BCUT2D eigenvalue weighted by molar-refractivity contribution is 0.822. The molecule has 18 heavy (non-hydrogen) atoms. The summed E-state index contributed by atoms with van der Waals surface area (Å²) in [5.74, 6) is 0.467. The molecule has 0 saturated carbocycles. The molecule has 4 nitrogen and oxygen atoms in total. The monoisotopic (exact) mass is 262 g/mol. The first-order valence-corrected chi connectivity index (χ1v) is 5.67. The molecular formula is C13H15ClN4. The number of guanidine groups is 1. The van der Waals surface area contributed by atoms with E-state index in [4.69, 9.17) is 11.1 Å². The first-order chi connectivity index (χ1) is 8.18. The van der Waals surface area contributed by atoms with Crippen LogP contribution in [0.25, 0.3) is 10.9 Å². The van der Waals surface area contributed by atoms with E-state index in [1.807, 2.05) is 29.3 Å². The van der Waals surface area contributed by atoms with Crippen LogP contribution in [0.3, 0.4) is 0 Å². The Balaban J connectivity index is 0.00000120. The van der Waals surface area contributed by atoms with E-state index in [1.165, 1.54) is 10.9 Å². The van der Waals surface area contributed by atoms with Gasteiger partial charge >= 0.3 is 0 Å². The van der Waals surface area contributed by atoms with Crippen LogP contribution in [0.4, 0.5) is 5.69 Å². The summed E-state index contributed by atoms with van der Waals surface area (Å²) in [5.41, 5.74) is 8.83. The van der Waals surface area contributed by atoms with E-state index in [0.29, 0.717) is 5.92 Å². The van der Waals surface area contributed by atoms with Crippen LogP contribution in [0.2, 0.25) is 0 Å². The number of benzene rings is 1. The molecule has 1 atom stereocenters. The zero-order chi connectivity index (χ0) is 12.0. The van der Waals surface area contributed by atoms with Gasteiger partial charge in [0.2, 0.25) is 0 Å². The first-order valence-electron chi connectivity index (χ1n) is 5.67. The van der Waals surface area contributed by atoms with Crippen LogP contribution >= 0.6 is 12.4 Å². The first kappa shape index (κ1) is 12.6. The summed E-state index contributed by atoms with van der Waals surface area (Å²) in [4.78, 5) is 6.24. The smallest absolute Gasteiger partial charge is 0.193 e. The number of anilines is 1. The van der Waals surface area contributed by atoms with E-state index in [0.717, 1.165) is 17.7 Å². The molecule has 0 aliphatic carbocycles. The second-order valence-electron chi connectivity index (χ2n) is 4.47. The third-order valence-electron chi connectivity index (χ3n) is 3.33. The van der Waals surface area contributed by atoms with E-state index in [1.54, 1.807) is 0 Å². The van der Waals surface area contributed by atoms with Gasteiger partial charge in [0.05, 0.1) is 17.4 Å². The molecule has 1 aromatic carbocycles. The molecule has 1 aliphatic rings. The van der Waals surface area contributed by atoms with Crippen LogP contribution in [0.15, 0.2) is 30.5 Å². The molecule has 1 unspecified atom stereocenters. The minimum atomic E-state index is 0. The van der Waals surface area contributed by atoms with Crippen molar-refractivity contribution >= 4 is 35.0 Å². The van der Waals surface area contributed by atoms with E-state index in [2.05, 4.69) is 18.0 Å². The molecule has 3 N–H and O–H groups in total. The second kappa shape index (κ2) is 4.46. The predicted octanol–water partition coefficient (Wildman–Crippen LogP) is 2.47. The average Bonchev–Trinajstić information content (AvgIpc) is 2.67. The van der Waals surface area contributed by atoms with Crippen molar-refractivity contribution in [2.24, 2.45) is 5.73 Å². The molecule has 0 fully saturated rings. The van der Waals surface area contributed by atoms with Crippen molar-refractivity contribution in [1.82, 2.24) is 4.98 Å². The highest BCUT2D eigenvalue weighted by Crippen LogP contribution is 2.39. The number of nitrogens with zero attached hydrogens (tertiary/aromatic N) is 2. The average molecular weight is 263 g/mol. The highest BCUT2D eigenvalue weighted by atomic mass is 35.5. The largest absolute Gasteiger partial charge is 0.370 e. The van der Waals surface area contributed by atoms with Gasteiger partial charge in [0.15, 0.2) is 5.96 Å². The topological polar surface area (TPSA) is 66.0 Å². The number of pyridine rings is 1. The van der Waals surface area contributed by atoms with Crippen LogP contribution in [-0.2, 0) is 0 Å². The Bertz CT molecular complexity index is 611. The van der Waals surface area contributed by atoms with Crippen LogP contribution in [0, 0.1) is 5.41 Å². The molecular weight excluding hydrogens is 248 g/mol. The van der Waals surface area contributed by atoms with Crippen molar-refractivity contribution in [1.29, 1.82) is 5.41 Å². The van der Waals surface area contributed by atoms with Gasteiger partial charge in [-0.2, -0.15) is 0 Å². The van der Waals surface area contributed by atoms with Crippen LogP contribution < -0.4 is 10.6 Å². The summed E-state index contributed by atoms with van der Waals surface area (Å²) >= 11 is 0. The van der Waals surface area contributed by atoms with Gasteiger partial charge in [0, 0.05) is 17.8 Å². The Morgan fingerprint density at radius 1 is 1.44 bits per heavy atom. The van der Waals surface area contributed by atoms with Gasteiger partial charge in [-0.3, -0.25) is 10.4 Å². The fraction of sp³-hybridized carbons (Fsp3) is 0.231. The molecule has 0 bridgehead atoms. The normalized spacial score (nSPS) is 17.4. The summed E-state index contributed by atoms with van der Waals surface area (Å²) in [6, 6.07) is 8.11. The molecule has 2 heterocycles. The lowest BCUT2D eigenvalue weighted by Crippen LogP contribution is -2.35. The standard InChI is InChI=1S/C13H14N4.ClH/c1-8-7-17(13(14)15)11-6-16-10-5-3-2-4-9(10)12(8)11;/h2-6,8H,7H2,1H3,(H3,14,15);1H. The number of aromatic nitrogens is 1. The Morgan fingerprint density at radius 3 is 2.89 bits per heavy atom. The van der Waals surface area contributed by atoms with Crippen LogP contribution in [0.5, 0.6) is 0 Å². The molecule has 5 heteroatoms. The minimum absolute atomic E-state index is 0. The van der Waals surface area contributed by atoms with E-state index >= 15 is 0 Å². The Morgan fingerprint density at radius 2 is 2.17 bits per heavy atom. The molecule has 1 aromatic heterocycles. The third-order valence-corrected chi connectivity index (χ3v) is 3.33. The minimum Gasteiger partial charge on any atom is -0.370 e. The summed E-state index contributed by atoms with van der Waals surface area (Å²) in [7, 11) is 0. The van der Waals surface area contributed by atoms with Crippen molar-refractivity contribution in [2.75, 3.05) is 11.4 Å². The third kappa shape index (κ3) is 1.69. The summed E-state index contributed by atoms with van der Waals surface area (Å²) in [6.45, 7) is 2.93. The number of nitrogens with one attached hydrogen (secondary N) is 1. The quantitative estimate of drug-likeness (QED) is 0.566. The highest BCUT2D eigenvalue weighted by Gasteiger charge is 2.29. The SMILES string of the molecule is CC1CN(C(=N)N)c2cnc3ccccc3c21.Cl. The number of fused-ring (bicyclic) bond motifs is 3. The Labute approximate surface area is 112 Å². The van der Waals surface area contributed by atoms with Gasteiger partial charge in [-0.15, -0.1) is 12.4 Å². The lowest BCUT2D eigenvalue weighted by atomic mass is 9.99. The van der Waals surface area contributed by atoms with Gasteiger partial charge in [-0.25, -0.2) is 0 Å². The van der Waals surface area contributed by atoms with Crippen molar-refractivity contribution in [3.8, 4) is 0 Å². The van der Waals surface area contributed by atoms with E-state index in [-0.39, 0.29) is 18.4 Å². The van der Waals surface area contributed by atoms with E-state index < -0.39 is 0 Å². The molecule has 94 valence electrons. The van der Waals surface area contributed by atoms with Gasteiger partial charge in [-0.1, -0.05) is 25.1 Å². The fourth-order valence-electron chi connectivity index (χ4n) is 2.58. The fourth-order valence-corrected chi connectivity index (χ4v) is 2.58. The van der Waals surface area contributed by atoms with Crippen molar-refractivity contribution < 1.29 is 0 Å². The van der Waals surface area contributed by atoms with Gasteiger partial charge in [0.25, 0.3) is 0 Å². The van der Waals surface area contributed by atoms with Crippen molar-refractivity contribution in [2.45, 2.75) is 12.8 Å². The molecule has 1 aliphatic heterocycles. The summed E-state index contributed by atoms with van der Waals surface area (Å²) in [6.07, 6.45) is 1.82. The maximum Gasteiger partial charge on any atom is 0.193 e. The molecule has 0 amide bonds. The number of hydrogen-bond donors (Lipinski definition) is 2. The number of rotatable bonds is 0. The Hall–Kier alpha value is -1.81. The van der Waals surface area contributed by atoms with Crippen LogP contribution in [0.1, 0.15) is 18.4 Å². The molecule has 2 aromatic rings. The highest BCUT2D eigenvalue weighted by molar-refractivity contribution is 5.99. The van der Waals surface area contributed by atoms with Crippen LogP contribution in [-0.4, -0.2) is 17.5 Å². The summed E-state index contributed by atoms with van der Waals surface area (Å²) in [5, 5.41) is 8.76. The van der Waals surface area contributed by atoms with Gasteiger partial charge in [0.1, 0.15) is 0 Å². The molecule has 3 rings (SSSR count). The number of halogens is 1.